The normalized spacial score (nSPS) is 11.7. The fourth-order valence-corrected chi connectivity index (χ4v) is 4.36. The standard InChI is InChI=1S/C28H28ClN7O/c1-36(2)13-5-8-26(37)30-12-11-20-14-18-9-10-19(15-25(18)33-20)34-28-32-17-23(29)27(35-28)22-16-31-24-7-4-3-6-21(22)24/h3-10,14-17,31,33H,11-13H2,1-2H3,(H,30,37)(H,32,34,35)/b8-5+. The molecule has 0 spiro atoms. The number of rotatable bonds is 9. The maximum atomic E-state index is 11.9. The molecule has 9 heteroatoms. The Kier molecular flexibility index (Phi) is 7.20. The van der Waals surface area contributed by atoms with Gasteiger partial charge in [0.1, 0.15) is 0 Å². The van der Waals surface area contributed by atoms with Gasteiger partial charge in [-0.3, -0.25) is 4.79 Å². The molecule has 0 unspecified atom stereocenters. The van der Waals surface area contributed by atoms with E-state index in [1.165, 1.54) is 0 Å². The monoisotopic (exact) mass is 513 g/mol. The van der Waals surface area contributed by atoms with Crippen molar-refractivity contribution in [2.24, 2.45) is 0 Å². The van der Waals surface area contributed by atoms with Crippen LogP contribution in [0.2, 0.25) is 5.02 Å². The van der Waals surface area contributed by atoms with Gasteiger partial charge in [0.2, 0.25) is 11.9 Å². The van der Waals surface area contributed by atoms with Crippen LogP contribution in [0, 0.1) is 0 Å². The molecule has 37 heavy (non-hydrogen) atoms. The summed E-state index contributed by atoms with van der Waals surface area (Å²) in [5.74, 6) is 0.375. The highest BCUT2D eigenvalue weighted by Gasteiger charge is 2.13. The lowest BCUT2D eigenvalue weighted by atomic mass is 10.1. The molecule has 0 aliphatic rings. The number of aromatic nitrogens is 4. The molecule has 0 bridgehead atoms. The number of nitrogens with one attached hydrogen (secondary N) is 4. The van der Waals surface area contributed by atoms with Crippen molar-refractivity contribution in [2.75, 3.05) is 32.5 Å². The number of amides is 1. The number of para-hydroxylation sites is 1. The van der Waals surface area contributed by atoms with E-state index in [2.05, 4.69) is 31.7 Å². The zero-order valence-corrected chi connectivity index (χ0v) is 21.4. The molecule has 0 saturated carbocycles. The molecule has 188 valence electrons. The van der Waals surface area contributed by atoms with Gasteiger partial charge in [-0.2, -0.15) is 0 Å². The van der Waals surface area contributed by atoms with Crippen LogP contribution < -0.4 is 10.6 Å². The van der Waals surface area contributed by atoms with E-state index in [0.717, 1.165) is 45.3 Å². The third-order valence-electron chi connectivity index (χ3n) is 5.96. The summed E-state index contributed by atoms with van der Waals surface area (Å²) in [4.78, 5) is 29.7. The number of halogens is 1. The Hall–Kier alpha value is -4.14. The SMILES string of the molecule is CN(C)C/C=C/C(=O)NCCc1cc2ccc(Nc3ncc(Cl)c(-c4c[nH]c5ccccc45)n3)cc2[nH]1. The predicted octanol–water partition coefficient (Wildman–Crippen LogP) is 5.28. The smallest absolute Gasteiger partial charge is 0.243 e. The Labute approximate surface area is 219 Å². The summed E-state index contributed by atoms with van der Waals surface area (Å²) in [6.45, 7) is 1.29. The van der Waals surface area contributed by atoms with Gasteiger partial charge >= 0.3 is 0 Å². The summed E-state index contributed by atoms with van der Waals surface area (Å²) in [5.41, 5.74) is 5.51. The van der Waals surface area contributed by atoms with Crippen LogP contribution in [0.4, 0.5) is 11.6 Å². The van der Waals surface area contributed by atoms with Crippen LogP contribution in [0.1, 0.15) is 5.69 Å². The molecule has 8 nitrogen and oxygen atoms in total. The van der Waals surface area contributed by atoms with Crippen LogP contribution in [0.15, 0.2) is 73.1 Å². The number of benzene rings is 2. The van der Waals surface area contributed by atoms with E-state index in [1.54, 1.807) is 12.3 Å². The van der Waals surface area contributed by atoms with Crippen LogP contribution >= 0.6 is 11.6 Å². The first-order valence-electron chi connectivity index (χ1n) is 12.0. The number of fused-ring (bicyclic) bond motifs is 2. The molecule has 0 aliphatic carbocycles. The van der Waals surface area contributed by atoms with Crippen LogP contribution in [-0.4, -0.2) is 57.9 Å². The molecule has 2 aromatic carbocycles. The van der Waals surface area contributed by atoms with E-state index in [-0.39, 0.29) is 5.91 Å². The number of carbonyl (C=O) groups excluding carboxylic acids is 1. The molecular weight excluding hydrogens is 486 g/mol. The largest absolute Gasteiger partial charge is 0.360 e. The first-order valence-corrected chi connectivity index (χ1v) is 12.4. The van der Waals surface area contributed by atoms with Crippen LogP contribution in [0.25, 0.3) is 33.1 Å². The fraction of sp³-hybridized carbons (Fsp3) is 0.179. The highest BCUT2D eigenvalue weighted by atomic mass is 35.5. The number of H-pyrrole nitrogens is 2. The third-order valence-corrected chi connectivity index (χ3v) is 6.23. The number of hydrogen-bond donors (Lipinski definition) is 4. The second-order valence-corrected chi connectivity index (χ2v) is 9.47. The number of hydrogen-bond acceptors (Lipinski definition) is 5. The van der Waals surface area contributed by atoms with Crippen molar-refractivity contribution in [3.8, 4) is 11.3 Å². The fourth-order valence-electron chi connectivity index (χ4n) is 4.16. The first kappa shape index (κ1) is 24.5. The van der Waals surface area contributed by atoms with Gasteiger partial charge in [-0.05, 0) is 43.7 Å². The molecular formula is C28H28ClN7O. The van der Waals surface area contributed by atoms with Gasteiger partial charge < -0.3 is 25.5 Å². The Morgan fingerprint density at radius 1 is 1.14 bits per heavy atom. The van der Waals surface area contributed by atoms with Crippen LogP contribution in [-0.2, 0) is 11.2 Å². The lowest BCUT2D eigenvalue weighted by Gasteiger charge is -2.08. The van der Waals surface area contributed by atoms with Crippen molar-refractivity contribution < 1.29 is 4.79 Å². The van der Waals surface area contributed by atoms with E-state index < -0.39 is 0 Å². The number of carbonyl (C=O) groups is 1. The minimum absolute atomic E-state index is 0.0839. The number of nitrogens with zero attached hydrogens (tertiary/aromatic N) is 3. The summed E-state index contributed by atoms with van der Waals surface area (Å²) in [6.07, 6.45) is 7.66. The molecule has 4 N–H and O–H groups in total. The zero-order chi connectivity index (χ0) is 25.8. The molecule has 5 rings (SSSR count). The lowest BCUT2D eigenvalue weighted by Crippen LogP contribution is -2.24. The van der Waals surface area contributed by atoms with Crippen LogP contribution in [0.3, 0.4) is 0 Å². The minimum Gasteiger partial charge on any atom is -0.360 e. The molecule has 0 fully saturated rings. The highest BCUT2D eigenvalue weighted by Crippen LogP contribution is 2.33. The van der Waals surface area contributed by atoms with Crippen LogP contribution in [0.5, 0.6) is 0 Å². The minimum atomic E-state index is -0.0839. The third kappa shape index (κ3) is 5.82. The molecule has 3 aromatic heterocycles. The summed E-state index contributed by atoms with van der Waals surface area (Å²) < 4.78 is 0. The van der Waals surface area contributed by atoms with E-state index in [4.69, 9.17) is 16.6 Å². The van der Waals surface area contributed by atoms with Crippen molar-refractivity contribution in [3.05, 3.63) is 83.8 Å². The van der Waals surface area contributed by atoms with Gasteiger partial charge in [-0.1, -0.05) is 41.9 Å². The van der Waals surface area contributed by atoms with E-state index in [1.807, 2.05) is 73.7 Å². The summed E-state index contributed by atoms with van der Waals surface area (Å²) in [5, 5.41) is 8.84. The highest BCUT2D eigenvalue weighted by molar-refractivity contribution is 6.33. The molecule has 0 aliphatic heterocycles. The molecule has 0 atom stereocenters. The first-order chi connectivity index (χ1) is 18.0. The van der Waals surface area contributed by atoms with Crippen molar-refractivity contribution in [1.82, 2.24) is 30.2 Å². The average Bonchev–Trinajstić information content (AvgIpc) is 3.48. The maximum absolute atomic E-state index is 11.9. The number of aromatic amines is 2. The second-order valence-electron chi connectivity index (χ2n) is 9.07. The molecule has 0 saturated heterocycles. The Morgan fingerprint density at radius 3 is 2.86 bits per heavy atom. The zero-order valence-electron chi connectivity index (χ0n) is 20.7. The van der Waals surface area contributed by atoms with E-state index >= 15 is 0 Å². The van der Waals surface area contributed by atoms with Gasteiger partial charge in [0.05, 0.1) is 16.9 Å². The van der Waals surface area contributed by atoms with Crippen molar-refractivity contribution >= 4 is 50.9 Å². The van der Waals surface area contributed by atoms with Gasteiger partial charge in [-0.15, -0.1) is 0 Å². The summed E-state index contributed by atoms with van der Waals surface area (Å²) >= 11 is 6.47. The predicted molar refractivity (Wildman–Crippen MR) is 150 cm³/mol. The average molecular weight is 514 g/mol. The Morgan fingerprint density at radius 2 is 2.00 bits per heavy atom. The van der Waals surface area contributed by atoms with Crippen molar-refractivity contribution in [3.63, 3.8) is 0 Å². The number of likely N-dealkylation sites (N-methyl/N-ethyl adjacent to an activating group) is 1. The van der Waals surface area contributed by atoms with Crippen molar-refractivity contribution in [2.45, 2.75) is 6.42 Å². The molecule has 0 radical (unpaired) electrons. The quantitative estimate of drug-likeness (QED) is 0.201. The summed E-state index contributed by atoms with van der Waals surface area (Å²) in [6, 6.07) is 16.2. The summed E-state index contributed by atoms with van der Waals surface area (Å²) in [7, 11) is 3.92. The van der Waals surface area contributed by atoms with Gasteiger partial charge in [-0.25, -0.2) is 9.97 Å². The Balaban J connectivity index is 1.27. The van der Waals surface area contributed by atoms with E-state index in [0.29, 0.717) is 29.6 Å². The molecule has 5 aromatic rings. The van der Waals surface area contributed by atoms with E-state index in [9.17, 15) is 4.79 Å². The number of anilines is 2. The second kappa shape index (κ2) is 10.9. The van der Waals surface area contributed by atoms with Gasteiger partial charge in [0.25, 0.3) is 0 Å². The lowest BCUT2D eigenvalue weighted by molar-refractivity contribution is -0.116. The topological polar surface area (TPSA) is 102 Å². The van der Waals surface area contributed by atoms with Gasteiger partial charge in [0.15, 0.2) is 0 Å². The maximum Gasteiger partial charge on any atom is 0.243 e. The molecule has 3 heterocycles. The van der Waals surface area contributed by atoms with Gasteiger partial charge in [0, 0.05) is 65.1 Å². The van der Waals surface area contributed by atoms with Crippen molar-refractivity contribution in [1.29, 1.82) is 0 Å². The Bertz CT molecular complexity index is 1580. The molecule has 1 amide bonds.